The van der Waals surface area contributed by atoms with Gasteiger partial charge in [0.2, 0.25) is 11.8 Å². The van der Waals surface area contributed by atoms with Crippen LogP contribution in [0.1, 0.15) is 33.1 Å². The number of hydrogen-bond donors (Lipinski definition) is 0. The normalized spacial score (nSPS) is 28.1. The van der Waals surface area contributed by atoms with Crippen molar-refractivity contribution in [1.29, 1.82) is 0 Å². The van der Waals surface area contributed by atoms with E-state index in [0.29, 0.717) is 13.1 Å². The molecule has 1 saturated heterocycles. The molecule has 1 aliphatic heterocycles. The molecule has 0 bridgehead atoms. The molecule has 1 atom stereocenters. The SMILES string of the molecule is CCC(C)C(=O)N1CC2(C1)CC(F)(F)C2. The van der Waals surface area contributed by atoms with Crippen LogP contribution in [0.4, 0.5) is 8.78 Å². The van der Waals surface area contributed by atoms with E-state index in [-0.39, 0.29) is 30.1 Å². The average molecular weight is 217 g/mol. The second-order valence-electron chi connectivity index (χ2n) is 5.21. The van der Waals surface area contributed by atoms with Crippen molar-refractivity contribution in [2.45, 2.75) is 39.0 Å². The Morgan fingerprint density at radius 2 is 1.93 bits per heavy atom. The van der Waals surface area contributed by atoms with E-state index < -0.39 is 5.92 Å². The largest absolute Gasteiger partial charge is 0.341 e. The molecule has 2 aliphatic rings. The molecule has 0 N–H and O–H groups in total. The van der Waals surface area contributed by atoms with Crippen LogP contribution in [0.3, 0.4) is 0 Å². The number of hydrogen-bond acceptors (Lipinski definition) is 1. The van der Waals surface area contributed by atoms with Gasteiger partial charge in [-0.05, 0) is 6.42 Å². The zero-order valence-electron chi connectivity index (χ0n) is 9.22. The number of halogens is 2. The van der Waals surface area contributed by atoms with Crippen LogP contribution >= 0.6 is 0 Å². The zero-order valence-corrected chi connectivity index (χ0v) is 9.22. The van der Waals surface area contributed by atoms with E-state index in [0.717, 1.165) is 6.42 Å². The predicted molar refractivity (Wildman–Crippen MR) is 52.6 cm³/mol. The first-order valence-electron chi connectivity index (χ1n) is 5.54. The molecule has 2 nitrogen and oxygen atoms in total. The molecule has 86 valence electrons. The third-order valence-electron chi connectivity index (χ3n) is 3.67. The highest BCUT2D eigenvalue weighted by Gasteiger charge is 2.62. The lowest BCUT2D eigenvalue weighted by molar-refractivity contribution is -0.216. The van der Waals surface area contributed by atoms with Crippen LogP contribution in [0.2, 0.25) is 0 Å². The number of alkyl halides is 2. The molecular formula is C11H17F2NO. The summed E-state index contributed by atoms with van der Waals surface area (Å²) in [5.74, 6) is -2.31. The third kappa shape index (κ3) is 1.74. The maximum Gasteiger partial charge on any atom is 0.249 e. The van der Waals surface area contributed by atoms with Gasteiger partial charge in [0.05, 0.1) is 0 Å². The molecule has 0 aromatic rings. The monoisotopic (exact) mass is 217 g/mol. The van der Waals surface area contributed by atoms with Gasteiger partial charge >= 0.3 is 0 Å². The van der Waals surface area contributed by atoms with Gasteiger partial charge in [-0.25, -0.2) is 8.78 Å². The second kappa shape index (κ2) is 3.16. The van der Waals surface area contributed by atoms with Gasteiger partial charge in [-0.15, -0.1) is 0 Å². The van der Waals surface area contributed by atoms with Crippen molar-refractivity contribution in [3.05, 3.63) is 0 Å². The first-order valence-corrected chi connectivity index (χ1v) is 5.54. The van der Waals surface area contributed by atoms with E-state index in [2.05, 4.69) is 0 Å². The first-order chi connectivity index (χ1) is 6.87. The highest BCUT2D eigenvalue weighted by atomic mass is 19.3. The van der Waals surface area contributed by atoms with E-state index in [1.807, 2.05) is 13.8 Å². The zero-order chi connectivity index (χ0) is 11.3. The number of carbonyl (C=O) groups is 1. The molecule has 1 aliphatic carbocycles. The average Bonchev–Trinajstić information content (AvgIpc) is 2.07. The van der Waals surface area contributed by atoms with Gasteiger partial charge in [0.15, 0.2) is 0 Å². The topological polar surface area (TPSA) is 20.3 Å². The molecule has 2 fully saturated rings. The van der Waals surface area contributed by atoms with Crippen molar-refractivity contribution >= 4 is 5.91 Å². The molecule has 0 radical (unpaired) electrons. The fourth-order valence-corrected chi connectivity index (χ4v) is 2.67. The lowest BCUT2D eigenvalue weighted by Crippen LogP contribution is -2.67. The Balaban J connectivity index is 1.82. The summed E-state index contributed by atoms with van der Waals surface area (Å²) in [6, 6.07) is 0. The predicted octanol–water partition coefficient (Wildman–Crippen LogP) is 2.29. The van der Waals surface area contributed by atoms with Crippen molar-refractivity contribution in [3.63, 3.8) is 0 Å². The molecule has 1 amide bonds. The Morgan fingerprint density at radius 1 is 1.40 bits per heavy atom. The van der Waals surface area contributed by atoms with Crippen LogP contribution in [0, 0.1) is 11.3 Å². The Bertz CT molecular complexity index is 274. The second-order valence-corrected chi connectivity index (χ2v) is 5.21. The molecule has 1 heterocycles. The fourth-order valence-electron chi connectivity index (χ4n) is 2.67. The minimum atomic E-state index is -2.47. The van der Waals surface area contributed by atoms with Crippen molar-refractivity contribution in [2.75, 3.05) is 13.1 Å². The van der Waals surface area contributed by atoms with Crippen molar-refractivity contribution in [1.82, 2.24) is 4.90 Å². The summed E-state index contributed by atoms with van der Waals surface area (Å²) < 4.78 is 25.4. The number of nitrogens with zero attached hydrogens (tertiary/aromatic N) is 1. The molecule has 0 aromatic heterocycles. The molecule has 4 heteroatoms. The van der Waals surface area contributed by atoms with Gasteiger partial charge in [-0.1, -0.05) is 13.8 Å². The van der Waals surface area contributed by atoms with Gasteiger partial charge < -0.3 is 4.90 Å². The summed E-state index contributed by atoms with van der Waals surface area (Å²) in [5.41, 5.74) is -0.230. The van der Waals surface area contributed by atoms with Crippen molar-refractivity contribution < 1.29 is 13.6 Å². The van der Waals surface area contributed by atoms with E-state index in [4.69, 9.17) is 0 Å². The van der Waals surface area contributed by atoms with Crippen molar-refractivity contribution in [3.8, 4) is 0 Å². The smallest absolute Gasteiger partial charge is 0.249 e. The lowest BCUT2D eigenvalue weighted by Gasteiger charge is -2.58. The summed E-state index contributed by atoms with van der Waals surface area (Å²) in [6.07, 6.45) is 0.771. The highest BCUT2D eigenvalue weighted by Crippen LogP contribution is 2.56. The van der Waals surface area contributed by atoms with Crippen LogP contribution in [-0.2, 0) is 4.79 Å². The summed E-state index contributed by atoms with van der Waals surface area (Å²) in [6.45, 7) is 4.95. The van der Waals surface area contributed by atoms with Gasteiger partial charge in [-0.3, -0.25) is 4.79 Å². The minimum absolute atomic E-state index is 0.0235. The summed E-state index contributed by atoms with van der Waals surface area (Å²) >= 11 is 0. The van der Waals surface area contributed by atoms with Crippen LogP contribution in [-0.4, -0.2) is 29.8 Å². The Morgan fingerprint density at radius 3 is 2.33 bits per heavy atom. The van der Waals surface area contributed by atoms with Crippen LogP contribution in [0.25, 0.3) is 0 Å². The summed E-state index contributed by atoms with van der Waals surface area (Å²) in [5, 5.41) is 0. The molecule has 1 spiro atoms. The van der Waals surface area contributed by atoms with Gasteiger partial charge in [-0.2, -0.15) is 0 Å². The first kappa shape index (κ1) is 10.8. The number of rotatable bonds is 2. The van der Waals surface area contributed by atoms with Crippen LogP contribution < -0.4 is 0 Å². The third-order valence-corrected chi connectivity index (χ3v) is 3.67. The van der Waals surface area contributed by atoms with Gasteiger partial charge in [0, 0.05) is 37.3 Å². The molecule has 2 rings (SSSR count). The van der Waals surface area contributed by atoms with Crippen LogP contribution in [0.5, 0.6) is 0 Å². The lowest BCUT2D eigenvalue weighted by atomic mass is 9.61. The number of carbonyl (C=O) groups excluding carboxylic acids is 1. The Kier molecular flexibility index (Phi) is 2.28. The number of likely N-dealkylation sites (tertiary alicyclic amines) is 1. The van der Waals surface area contributed by atoms with E-state index in [1.165, 1.54) is 0 Å². The van der Waals surface area contributed by atoms with Gasteiger partial charge in [0.25, 0.3) is 0 Å². The maximum atomic E-state index is 12.7. The van der Waals surface area contributed by atoms with E-state index in [1.54, 1.807) is 4.90 Å². The standard InChI is InChI=1S/C11H17F2NO/c1-3-8(2)9(15)14-6-10(7-14)4-11(12,13)5-10/h8H,3-7H2,1-2H3. The quantitative estimate of drug-likeness (QED) is 0.695. The molecule has 1 saturated carbocycles. The number of amides is 1. The maximum absolute atomic E-state index is 12.7. The summed E-state index contributed by atoms with van der Waals surface area (Å²) in [7, 11) is 0. The van der Waals surface area contributed by atoms with Crippen LogP contribution in [0.15, 0.2) is 0 Å². The Labute approximate surface area is 88.6 Å². The highest BCUT2D eigenvalue weighted by molar-refractivity contribution is 5.79. The summed E-state index contributed by atoms with van der Waals surface area (Å²) in [4.78, 5) is 13.4. The van der Waals surface area contributed by atoms with E-state index >= 15 is 0 Å². The Hall–Kier alpha value is -0.670. The molecule has 1 unspecified atom stereocenters. The molecule has 0 aromatic carbocycles. The van der Waals surface area contributed by atoms with E-state index in [9.17, 15) is 13.6 Å². The minimum Gasteiger partial charge on any atom is -0.341 e. The molecular weight excluding hydrogens is 200 g/mol. The molecule has 15 heavy (non-hydrogen) atoms. The van der Waals surface area contributed by atoms with Crippen molar-refractivity contribution in [2.24, 2.45) is 11.3 Å². The van der Waals surface area contributed by atoms with Gasteiger partial charge in [0.1, 0.15) is 0 Å². The fraction of sp³-hybridized carbons (Fsp3) is 0.909.